The largest absolute Gasteiger partial charge is 0.480 e. The smallest absolute Gasteiger partial charge is 0.411 e. The predicted octanol–water partition coefficient (Wildman–Crippen LogP) is 2.90. The van der Waals surface area contributed by atoms with Crippen molar-refractivity contribution >= 4 is 12.1 Å². The van der Waals surface area contributed by atoms with Crippen molar-refractivity contribution < 1.29 is 19.4 Å². The molecule has 0 saturated carbocycles. The Balaban J connectivity index is 2.03. The number of benzene rings is 1. The van der Waals surface area contributed by atoms with Crippen LogP contribution >= 0.6 is 0 Å². The van der Waals surface area contributed by atoms with E-state index < -0.39 is 18.1 Å². The van der Waals surface area contributed by atoms with Crippen LogP contribution in [0.3, 0.4) is 0 Å². The van der Waals surface area contributed by atoms with E-state index in [1.165, 1.54) is 4.90 Å². The first-order valence-corrected chi connectivity index (χ1v) is 7.21. The van der Waals surface area contributed by atoms with Crippen molar-refractivity contribution in [3.05, 3.63) is 35.9 Å². The number of aliphatic carboxylic acids is 1. The van der Waals surface area contributed by atoms with Gasteiger partial charge in [0, 0.05) is 6.04 Å². The molecule has 1 N–H and O–H groups in total. The van der Waals surface area contributed by atoms with Gasteiger partial charge in [-0.05, 0) is 31.2 Å². The molecule has 0 aromatic heterocycles. The van der Waals surface area contributed by atoms with E-state index in [9.17, 15) is 14.7 Å². The number of carbonyl (C=O) groups is 2. The van der Waals surface area contributed by atoms with Crippen LogP contribution in [0.2, 0.25) is 0 Å². The van der Waals surface area contributed by atoms with Crippen molar-refractivity contribution in [1.82, 2.24) is 4.90 Å². The van der Waals surface area contributed by atoms with Crippen LogP contribution in [0.5, 0.6) is 0 Å². The summed E-state index contributed by atoms with van der Waals surface area (Å²) in [7, 11) is 0. The number of carbonyl (C=O) groups excluding carboxylic acids is 1. The average molecular weight is 291 g/mol. The number of carboxylic acid groups (broad SMARTS) is 1. The molecule has 1 amide bonds. The van der Waals surface area contributed by atoms with E-state index in [1.807, 2.05) is 44.2 Å². The van der Waals surface area contributed by atoms with Gasteiger partial charge in [0.15, 0.2) is 0 Å². The standard InChI is InChI=1S/C16H21NO4/c1-11-8-12(2)17(14(9-11)15(18)19)16(20)21-10-13-6-4-3-5-7-13/h3-7,11-12,14H,8-10H2,1-2H3,(H,18,19)/t11-,12+,14+/m0/s1. The van der Waals surface area contributed by atoms with E-state index in [0.29, 0.717) is 12.3 Å². The van der Waals surface area contributed by atoms with E-state index in [1.54, 1.807) is 0 Å². The van der Waals surface area contributed by atoms with Gasteiger partial charge in [-0.3, -0.25) is 4.90 Å². The van der Waals surface area contributed by atoms with Crippen LogP contribution in [0.25, 0.3) is 0 Å². The van der Waals surface area contributed by atoms with Gasteiger partial charge in [-0.2, -0.15) is 0 Å². The molecule has 114 valence electrons. The average Bonchev–Trinajstić information content (AvgIpc) is 2.45. The predicted molar refractivity (Wildman–Crippen MR) is 77.7 cm³/mol. The number of rotatable bonds is 3. The number of amides is 1. The van der Waals surface area contributed by atoms with Crippen LogP contribution in [0.15, 0.2) is 30.3 Å². The summed E-state index contributed by atoms with van der Waals surface area (Å²) in [5, 5.41) is 9.33. The minimum atomic E-state index is -0.968. The molecule has 0 aliphatic carbocycles. The highest BCUT2D eigenvalue weighted by atomic mass is 16.6. The molecule has 1 aromatic rings. The minimum Gasteiger partial charge on any atom is -0.480 e. The zero-order valence-electron chi connectivity index (χ0n) is 12.4. The van der Waals surface area contributed by atoms with Gasteiger partial charge >= 0.3 is 12.1 Å². The lowest BCUT2D eigenvalue weighted by Crippen LogP contribution is -2.54. The molecule has 5 nitrogen and oxygen atoms in total. The molecule has 1 aliphatic rings. The molecule has 0 bridgehead atoms. The number of likely N-dealkylation sites (tertiary alicyclic amines) is 1. The molecule has 1 aromatic carbocycles. The molecule has 1 heterocycles. The molecule has 1 saturated heterocycles. The van der Waals surface area contributed by atoms with E-state index in [2.05, 4.69) is 0 Å². The van der Waals surface area contributed by atoms with E-state index >= 15 is 0 Å². The third-order valence-electron chi connectivity index (χ3n) is 3.88. The molecular formula is C16H21NO4. The summed E-state index contributed by atoms with van der Waals surface area (Å²) in [6, 6.07) is 8.43. The number of hydrogen-bond donors (Lipinski definition) is 1. The van der Waals surface area contributed by atoms with Crippen molar-refractivity contribution in [3.63, 3.8) is 0 Å². The lowest BCUT2D eigenvalue weighted by Gasteiger charge is -2.40. The Kier molecular flexibility index (Phi) is 4.83. The lowest BCUT2D eigenvalue weighted by molar-refractivity contribution is -0.146. The van der Waals surface area contributed by atoms with E-state index in [0.717, 1.165) is 12.0 Å². The topological polar surface area (TPSA) is 66.8 Å². The van der Waals surface area contributed by atoms with Gasteiger partial charge in [0.25, 0.3) is 0 Å². The highest BCUT2D eigenvalue weighted by molar-refractivity contribution is 5.80. The fourth-order valence-electron chi connectivity index (χ4n) is 2.91. The Labute approximate surface area is 124 Å². The van der Waals surface area contributed by atoms with Crippen molar-refractivity contribution in [2.75, 3.05) is 0 Å². The minimum absolute atomic E-state index is 0.127. The van der Waals surface area contributed by atoms with Crippen LogP contribution in [0.4, 0.5) is 4.79 Å². The number of piperidine rings is 1. The zero-order chi connectivity index (χ0) is 15.4. The highest BCUT2D eigenvalue weighted by Gasteiger charge is 2.39. The summed E-state index contributed by atoms with van der Waals surface area (Å²) in [5.41, 5.74) is 0.885. The summed E-state index contributed by atoms with van der Waals surface area (Å²) < 4.78 is 5.28. The summed E-state index contributed by atoms with van der Waals surface area (Å²) in [6.45, 7) is 4.04. The maximum absolute atomic E-state index is 12.2. The van der Waals surface area contributed by atoms with Crippen LogP contribution in [0, 0.1) is 5.92 Å². The molecule has 5 heteroatoms. The fraction of sp³-hybridized carbons (Fsp3) is 0.500. The summed E-state index contributed by atoms with van der Waals surface area (Å²) in [5.74, 6) is -0.677. The van der Waals surface area contributed by atoms with Gasteiger partial charge < -0.3 is 9.84 Å². The SMILES string of the molecule is C[C@H]1C[C@@H](C)N(C(=O)OCc2ccccc2)[C@@H](C(=O)O)C1. The summed E-state index contributed by atoms with van der Waals surface area (Å²) in [6.07, 6.45) is 0.718. The Hall–Kier alpha value is -2.04. The molecule has 1 fully saturated rings. The maximum atomic E-state index is 12.2. The van der Waals surface area contributed by atoms with Crippen LogP contribution in [-0.4, -0.2) is 34.2 Å². The maximum Gasteiger partial charge on any atom is 0.411 e. The first-order valence-electron chi connectivity index (χ1n) is 7.21. The number of nitrogens with zero attached hydrogens (tertiary/aromatic N) is 1. The quantitative estimate of drug-likeness (QED) is 0.930. The number of hydrogen-bond acceptors (Lipinski definition) is 3. The molecule has 0 spiro atoms. The zero-order valence-corrected chi connectivity index (χ0v) is 12.4. The number of ether oxygens (including phenoxy) is 1. The van der Waals surface area contributed by atoms with Gasteiger partial charge in [-0.1, -0.05) is 37.3 Å². The Morgan fingerprint density at radius 3 is 2.52 bits per heavy atom. The molecule has 21 heavy (non-hydrogen) atoms. The van der Waals surface area contributed by atoms with E-state index in [4.69, 9.17) is 4.74 Å². The number of carboxylic acids is 1. The normalized spacial score (nSPS) is 25.4. The van der Waals surface area contributed by atoms with Crippen molar-refractivity contribution in [2.24, 2.45) is 5.92 Å². The second kappa shape index (κ2) is 6.61. The first kappa shape index (κ1) is 15.4. The van der Waals surface area contributed by atoms with Gasteiger partial charge in [0.2, 0.25) is 0 Å². The van der Waals surface area contributed by atoms with Crippen LogP contribution in [-0.2, 0) is 16.1 Å². The van der Waals surface area contributed by atoms with Gasteiger partial charge in [-0.25, -0.2) is 9.59 Å². The fourth-order valence-corrected chi connectivity index (χ4v) is 2.91. The van der Waals surface area contributed by atoms with Crippen molar-refractivity contribution in [3.8, 4) is 0 Å². The molecule has 3 atom stereocenters. The third-order valence-corrected chi connectivity index (χ3v) is 3.88. The Morgan fingerprint density at radius 1 is 1.24 bits per heavy atom. The monoisotopic (exact) mass is 291 g/mol. The lowest BCUT2D eigenvalue weighted by atomic mass is 9.88. The molecule has 1 aliphatic heterocycles. The van der Waals surface area contributed by atoms with E-state index in [-0.39, 0.29) is 12.6 Å². The third kappa shape index (κ3) is 3.74. The van der Waals surface area contributed by atoms with Crippen LogP contribution < -0.4 is 0 Å². The Morgan fingerprint density at radius 2 is 1.90 bits per heavy atom. The van der Waals surface area contributed by atoms with Gasteiger partial charge in [0.1, 0.15) is 12.6 Å². The molecular weight excluding hydrogens is 270 g/mol. The molecule has 2 rings (SSSR count). The first-order chi connectivity index (χ1) is 9.99. The van der Waals surface area contributed by atoms with Gasteiger partial charge in [0.05, 0.1) is 0 Å². The highest BCUT2D eigenvalue weighted by Crippen LogP contribution is 2.28. The van der Waals surface area contributed by atoms with Crippen molar-refractivity contribution in [2.45, 2.75) is 45.4 Å². The molecule has 0 unspecified atom stereocenters. The van der Waals surface area contributed by atoms with Gasteiger partial charge in [-0.15, -0.1) is 0 Å². The second-order valence-electron chi connectivity index (χ2n) is 5.73. The second-order valence-corrected chi connectivity index (χ2v) is 5.73. The summed E-state index contributed by atoms with van der Waals surface area (Å²) >= 11 is 0. The Bertz CT molecular complexity index is 502. The van der Waals surface area contributed by atoms with Crippen LogP contribution in [0.1, 0.15) is 32.3 Å². The van der Waals surface area contributed by atoms with Crippen molar-refractivity contribution in [1.29, 1.82) is 0 Å². The molecule has 0 radical (unpaired) electrons. The summed E-state index contributed by atoms with van der Waals surface area (Å²) in [4.78, 5) is 25.0.